The first-order valence-electron chi connectivity index (χ1n) is 6.90. The van der Waals surface area contributed by atoms with E-state index in [-0.39, 0.29) is 21.6 Å². The molecule has 1 aliphatic rings. The molecular weight excluding hydrogens is 296 g/mol. The summed E-state index contributed by atoms with van der Waals surface area (Å²) in [7, 11) is -3.62. The van der Waals surface area contributed by atoms with E-state index in [1.54, 1.807) is 22.5 Å². The zero-order valence-electron chi connectivity index (χ0n) is 11.8. The first-order valence-corrected chi connectivity index (χ1v) is 8.71. The van der Waals surface area contributed by atoms with Crippen molar-refractivity contribution in [2.75, 3.05) is 12.3 Å². The maximum atomic E-state index is 12.8. The summed E-state index contributed by atoms with van der Waals surface area (Å²) in [5.74, 6) is 0.454. The van der Waals surface area contributed by atoms with E-state index < -0.39 is 10.0 Å². The molecule has 0 aromatic heterocycles. The van der Waals surface area contributed by atoms with E-state index in [9.17, 15) is 8.42 Å². The molecule has 2 rings (SSSR count). The lowest BCUT2D eigenvalue weighted by atomic mass is 10.1. The fourth-order valence-corrected chi connectivity index (χ4v) is 4.50. The number of nitrogens with two attached hydrogens (primary N) is 1. The molecule has 0 spiro atoms. The lowest BCUT2D eigenvalue weighted by Gasteiger charge is -2.24. The van der Waals surface area contributed by atoms with Gasteiger partial charge in [0.2, 0.25) is 10.0 Å². The third-order valence-corrected chi connectivity index (χ3v) is 5.94. The molecule has 0 aliphatic heterocycles. The number of rotatable bonds is 6. The van der Waals surface area contributed by atoms with Crippen molar-refractivity contribution in [3.05, 3.63) is 23.2 Å². The summed E-state index contributed by atoms with van der Waals surface area (Å²) in [5, 5.41) is 0.195. The van der Waals surface area contributed by atoms with E-state index in [0.29, 0.717) is 12.5 Å². The Morgan fingerprint density at radius 1 is 1.40 bits per heavy atom. The van der Waals surface area contributed by atoms with Crippen molar-refractivity contribution in [2.24, 2.45) is 5.92 Å². The largest absolute Gasteiger partial charge is 0.398 e. The highest BCUT2D eigenvalue weighted by atomic mass is 35.5. The molecule has 6 heteroatoms. The van der Waals surface area contributed by atoms with Crippen molar-refractivity contribution in [3.63, 3.8) is 0 Å². The maximum absolute atomic E-state index is 12.8. The van der Waals surface area contributed by atoms with Crippen LogP contribution in [0.15, 0.2) is 23.1 Å². The second-order valence-electron chi connectivity index (χ2n) is 5.69. The first-order chi connectivity index (χ1) is 9.34. The van der Waals surface area contributed by atoms with Gasteiger partial charge in [-0.15, -0.1) is 0 Å². The number of nitrogen functional groups attached to an aromatic ring is 1. The van der Waals surface area contributed by atoms with Gasteiger partial charge in [0.05, 0.1) is 10.7 Å². The van der Waals surface area contributed by atoms with Crippen molar-refractivity contribution in [3.8, 4) is 0 Å². The molecule has 0 unspecified atom stereocenters. The van der Waals surface area contributed by atoms with E-state index in [4.69, 9.17) is 17.3 Å². The topological polar surface area (TPSA) is 63.4 Å². The Bertz CT molecular complexity index is 563. The lowest BCUT2D eigenvalue weighted by molar-refractivity contribution is 0.373. The maximum Gasteiger partial charge on any atom is 0.246 e. The van der Waals surface area contributed by atoms with Crippen LogP contribution in [-0.4, -0.2) is 25.3 Å². The molecule has 0 atom stereocenters. The normalized spacial score (nSPS) is 16.1. The molecule has 0 heterocycles. The summed E-state index contributed by atoms with van der Waals surface area (Å²) in [6.45, 7) is 4.69. The Balaban J connectivity index is 2.35. The fourth-order valence-electron chi connectivity index (χ4n) is 2.16. The predicted octanol–water partition coefficient (Wildman–Crippen LogP) is 3.12. The van der Waals surface area contributed by atoms with Gasteiger partial charge in [-0.05, 0) is 37.3 Å². The van der Waals surface area contributed by atoms with Crippen LogP contribution < -0.4 is 5.73 Å². The van der Waals surface area contributed by atoms with E-state index in [2.05, 4.69) is 13.8 Å². The number of anilines is 1. The summed E-state index contributed by atoms with van der Waals surface area (Å²) in [6.07, 6.45) is 2.67. The molecule has 0 saturated heterocycles. The monoisotopic (exact) mass is 316 g/mol. The van der Waals surface area contributed by atoms with Gasteiger partial charge in [-0.25, -0.2) is 8.42 Å². The van der Waals surface area contributed by atoms with Gasteiger partial charge in [0.15, 0.2) is 0 Å². The van der Waals surface area contributed by atoms with E-state index >= 15 is 0 Å². The van der Waals surface area contributed by atoms with Gasteiger partial charge in [-0.3, -0.25) is 0 Å². The van der Waals surface area contributed by atoms with E-state index in [0.717, 1.165) is 19.3 Å². The third-order valence-electron chi connectivity index (χ3n) is 3.45. The Morgan fingerprint density at radius 2 is 2.05 bits per heavy atom. The minimum Gasteiger partial charge on any atom is -0.398 e. The zero-order valence-corrected chi connectivity index (χ0v) is 13.4. The molecule has 2 N–H and O–H groups in total. The molecular formula is C14H21ClN2O2S. The Labute approximate surface area is 126 Å². The van der Waals surface area contributed by atoms with Gasteiger partial charge in [-0.2, -0.15) is 4.31 Å². The smallest absolute Gasteiger partial charge is 0.246 e. The quantitative estimate of drug-likeness (QED) is 0.820. The second-order valence-corrected chi connectivity index (χ2v) is 7.92. The van der Waals surface area contributed by atoms with Crippen LogP contribution in [0, 0.1) is 5.92 Å². The fraction of sp³-hybridized carbons (Fsp3) is 0.571. The number of hydrogen-bond donors (Lipinski definition) is 1. The molecule has 0 amide bonds. The van der Waals surface area contributed by atoms with Crippen molar-refractivity contribution in [1.82, 2.24) is 4.31 Å². The van der Waals surface area contributed by atoms with E-state index in [1.165, 1.54) is 0 Å². The van der Waals surface area contributed by atoms with Gasteiger partial charge in [0, 0.05) is 12.6 Å². The van der Waals surface area contributed by atoms with Gasteiger partial charge in [-0.1, -0.05) is 31.5 Å². The van der Waals surface area contributed by atoms with Gasteiger partial charge < -0.3 is 5.73 Å². The Hall–Kier alpha value is -0.780. The summed E-state index contributed by atoms with van der Waals surface area (Å²) >= 11 is 6.06. The number of sulfonamides is 1. The van der Waals surface area contributed by atoms with Gasteiger partial charge in [0.1, 0.15) is 4.90 Å². The number of nitrogens with zero attached hydrogens (tertiary/aromatic N) is 1. The Kier molecular flexibility index (Phi) is 4.62. The van der Waals surface area contributed by atoms with Crippen LogP contribution in [0.4, 0.5) is 5.69 Å². The highest BCUT2D eigenvalue weighted by Crippen LogP contribution is 2.36. The molecule has 20 heavy (non-hydrogen) atoms. The highest BCUT2D eigenvalue weighted by Gasteiger charge is 2.39. The predicted molar refractivity (Wildman–Crippen MR) is 82.2 cm³/mol. The van der Waals surface area contributed by atoms with Crippen LogP contribution >= 0.6 is 11.6 Å². The van der Waals surface area contributed by atoms with Crippen LogP contribution in [0.2, 0.25) is 5.02 Å². The third kappa shape index (κ3) is 3.27. The molecule has 1 aromatic rings. The average Bonchev–Trinajstić information content (AvgIpc) is 3.12. The molecule has 1 saturated carbocycles. The summed E-state index contributed by atoms with van der Waals surface area (Å²) in [6, 6.07) is 4.91. The van der Waals surface area contributed by atoms with E-state index in [1.807, 2.05) is 0 Å². The summed E-state index contributed by atoms with van der Waals surface area (Å²) < 4.78 is 27.2. The van der Waals surface area contributed by atoms with Crippen LogP contribution in [0.5, 0.6) is 0 Å². The Morgan fingerprint density at radius 3 is 2.55 bits per heavy atom. The minimum atomic E-state index is -3.62. The first kappa shape index (κ1) is 15.6. The van der Waals surface area contributed by atoms with Crippen LogP contribution in [-0.2, 0) is 10.0 Å². The lowest BCUT2D eigenvalue weighted by Crippen LogP contribution is -2.35. The number of halogens is 1. The molecule has 0 bridgehead atoms. The summed E-state index contributed by atoms with van der Waals surface area (Å²) in [4.78, 5) is 0.0531. The van der Waals surface area contributed by atoms with Crippen molar-refractivity contribution in [2.45, 2.75) is 44.0 Å². The average molecular weight is 317 g/mol. The zero-order chi connectivity index (χ0) is 14.9. The van der Waals surface area contributed by atoms with Crippen LogP contribution in [0.25, 0.3) is 0 Å². The molecule has 1 aliphatic carbocycles. The summed E-state index contributed by atoms with van der Waals surface area (Å²) in [5.41, 5.74) is 6.05. The van der Waals surface area contributed by atoms with Gasteiger partial charge >= 0.3 is 0 Å². The SMILES string of the molecule is CC(C)CCN(C1CC1)S(=O)(=O)c1c(N)cccc1Cl. The molecule has 112 valence electrons. The highest BCUT2D eigenvalue weighted by molar-refractivity contribution is 7.89. The molecule has 1 aromatic carbocycles. The van der Waals surface area contributed by atoms with Crippen LogP contribution in [0.1, 0.15) is 33.1 Å². The van der Waals surface area contributed by atoms with Crippen molar-refractivity contribution >= 4 is 27.3 Å². The minimum absolute atomic E-state index is 0.0531. The van der Waals surface area contributed by atoms with Crippen molar-refractivity contribution < 1.29 is 8.42 Å². The van der Waals surface area contributed by atoms with Crippen LogP contribution in [0.3, 0.4) is 0 Å². The molecule has 4 nitrogen and oxygen atoms in total. The number of benzene rings is 1. The second kappa shape index (κ2) is 5.92. The van der Waals surface area contributed by atoms with Gasteiger partial charge in [0.25, 0.3) is 0 Å². The molecule has 0 radical (unpaired) electrons. The number of hydrogen-bond acceptors (Lipinski definition) is 3. The van der Waals surface area contributed by atoms with Crippen molar-refractivity contribution in [1.29, 1.82) is 0 Å². The standard InChI is InChI=1S/C14H21ClN2O2S/c1-10(2)8-9-17(11-6-7-11)20(18,19)14-12(15)4-3-5-13(14)16/h3-5,10-11H,6-9,16H2,1-2H3. The molecule has 1 fully saturated rings.